The lowest BCUT2D eigenvalue weighted by Crippen LogP contribution is -2.51. The van der Waals surface area contributed by atoms with E-state index in [-0.39, 0.29) is 38.1 Å². The SMILES string of the molecule is NC(=O)CCCCCNC(=O)NCCOC1OC(CO)CC(O)C1O. The number of nitrogens with two attached hydrogens (primary N) is 1. The number of urea groups is 1. The summed E-state index contributed by atoms with van der Waals surface area (Å²) < 4.78 is 10.6. The minimum Gasteiger partial charge on any atom is -0.394 e. The Morgan fingerprint density at radius 1 is 1.16 bits per heavy atom. The van der Waals surface area contributed by atoms with E-state index in [1.54, 1.807) is 0 Å². The molecule has 25 heavy (non-hydrogen) atoms. The van der Waals surface area contributed by atoms with Crippen LogP contribution in [0.1, 0.15) is 32.1 Å². The van der Waals surface area contributed by atoms with Gasteiger partial charge in [-0.25, -0.2) is 4.79 Å². The van der Waals surface area contributed by atoms with Crippen molar-refractivity contribution in [3.05, 3.63) is 0 Å². The highest BCUT2D eigenvalue weighted by Crippen LogP contribution is 2.20. The Labute approximate surface area is 146 Å². The van der Waals surface area contributed by atoms with Crippen LogP contribution in [0, 0.1) is 0 Å². The fourth-order valence-electron chi connectivity index (χ4n) is 2.38. The Kier molecular flexibility index (Phi) is 10.3. The van der Waals surface area contributed by atoms with Crippen LogP contribution in [0.25, 0.3) is 0 Å². The number of aliphatic hydroxyl groups is 3. The summed E-state index contributed by atoms with van der Waals surface area (Å²) in [5.41, 5.74) is 5.03. The summed E-state index contributed by atoms with van der Waals surface area (Å²) >= 11 is 0. The van der Waals surface area contributed by atoms with Crippen LogP contribution >= 0.6 is 0 Å². The molecule has 1 aliphatic heterocycles. The van der Waals surface area contributed by atoms with Gasteiger partial charge in [-0.15, -0.1) is 0 Å². The van der Waals surface area contributed by atoms with Crippen LogP contribution in [-0.4, -0.2) is 78.2 Å². The fourth-order valence-corrected chi connectivity index (χ4v) is 2.38. The van der Waals surface area contributed by atoms with Gasteiger partial charge < -0.3 is 41.2 Å². The lowest BCUT2D eigenvalue weighted by atomic mass is 10.0. The molecule has 1 heterocycles. The molecule has 0 spiro atoms. The summed E-state index contributed by atoms with van der Waals surface area (Å²) in [4.78, 5) is 22.1. The predicted octanol–water partition coefficient (Wildman–Crippen LogP) is -1.82. The third kappa shape index (κ3) is 8.98. The summed E-state index contributed by atoms with van der Waals surface area (Å²) in [5, 5.41) is 33.7. The van der Waals surface area contributed by atoms with E-state index < -0.39 is 24.6 Å². The van der Waals surface area contributed by atoms with Crippen molar-refractivity contribution in [2.45, 2.75) is 56.7 Å². The maximum Gasteiger partial charge on any atom is 0.314 e. The Morgan fingerprint density at radius 3 is 2.56 bits per heavy atom. The van der Waals surface area contributed by atoms with Crippen LogP contribution in [0.4, 0.5) is 4.79 Å². The number of ether oxygens (including phenoxy) is 2. The summed E-state index contributed by atoms with van der Waals surface area (Å²) in [7, 11) is 0. The highest BCUT2D eigenvalue weighted by Gasteiger charge is 2.37. The molecule has 0 bridgehead atoms. The second-order valence-corrected chi connectivity index (χ2v) is 5.93. The molecule has 10 nitrogen and oxygen atoms in total. The van der Waals surface area contributed by atoms with Crippen LogP contribution < -0.4 is 16.4 Å². The van der Waals surface area contributed by atoms with Gasteiger partial charge in [0, 0.05) is 25.9 Å². The minimum atomic E-state index is -1.20. The fraction of sp³-hybridized carbons (Fsp3) is 0.867. The van der Waals surface area contributed by atoms with Crippen molar-refractivity contribution < 1.29 is 34.4 Å². The first kappa shape index (κ1) is 21.6. The zero-order chi connectivity index (χ0) is 18.7. The van der Waals surface area contributed by atoms with E-state index in [1.807, 2.05) is 0 Å². The molecule has 4 unspecified atom stereocenters. The first-order valence-electron chi connectivity index (χ1n) is 8.48. The lowest BCUT2D eigenvalue weighted by molar-refractivity contribution is -0.270. The maximum atomic E-state index is 11.5. The number of carbonyl (C=O) groups excluding carboxylic acids is 2. The van der Waals surface area contributed by atoms with E-state index in [0.717, 1.165) is 12.8 Å². The quantitative estimate of drug-likeness (QED) is 0.235. The van der Waals surface area contributed by atoms with Crippen molar-refractivity contribution in [3.8, 4) is 0 Å². The van der Waals surface area contributed by atoms with Gasteiger partial charge in [0.25, 0.3) is 0 Å². The molecule has 0 aliphatic carbocycles. The van der Waals surface area contributed by atoms with Crippen molar-refractivity contribution >= 4 is 11.9 Å². The van der Waals surface area contributed by atoms with Gasteiger partial charge in [-0.05, 0) is 12.8 Å². The largest absolute Gasteiger partial charge is 0.394 e. The number of amides is 3. The molecule has 1 aliphatic rings. The third-order valence-corrected chi connectivity index (χ3v) is 3.76. The molecule has 1 rings (SSSR count). The van der Waals surface area contributed by atoms with Crippen molar-refractivity contribution in [2.75, 3.05) is 26.3 Å². The summed E-state index contributed by atoms with van der Waals surface area (Å²) in [6, 6.07) is -0.350. The van der Waals surface area contributed by atoms with E-state index in [2.05, 4.69) is 10.6 Å². The second-order valence-electron chi connectivity index (χ2n) is 5.93. The Balaban J connectivity index is 2.06. The highest BCUT2D eigenvalue weighted by molar-refractivity contribution is 5.74. The summed E-state index contributed by atoms with van der Waals surface area (Å²) in [5.74, 6) is -0.324. The van der Waals surface area contributed by atoms with E-state index in [0.29, 0.717) is 19.4 Å². The molecule has 0 radical (unpaired) electrons. The molecule has 7 N–H and O–H groups in total. The lowest BCUT2D eigenvalue weighted by Gasteiger charge is -2.36. The highest BCUT2D eigenvalue weighted by atomic mass is 16.7. The Bertz CT molecular complexity index is 411. The molecule has 0 aromatic carbocycles. The number of unbranched alkanes of at least 4 members (excludes halogenated alkanes) is 2. The standard InChI is InChI=1S/C15H29N3O7/c16-12(21)4-2-1-3-5-17-15(23)18-6-7-24-14-13(22)11(20)8-10(9-19)25-14/h10-11,13-14,19-20,22H,1-9H2,(H2,16,21)(H2,17,18,23). The normalized spacial score (nSPS) is 26.2. The average Bonchev–Trinajstić information content (AvgIpc) is 2.57. The van der Waals surface area contributed by atoms with Gasteiger partial charge in [0.2, 0.25) is 5.91 Å². The number of hydrogen-bond acceptors (Lipinski definition) is 7. The van der Waals surface area contributed by atoms with Gasteiger partial charge in [-0.3, -0.25) is 4.79 Å². The van der Waals surface area contributed by atoms with E-state index in [4.69, 9.17) is 20.3 Å². The number of rotatable bonds is 11. The van der Waals surface area contributed by atoms with E-state index in [1.165, 1.54) is 0 Å². The second kappa shape index (κ2) is 12.0. The molecular weight excluding hydrogens is 334 g/mol. The zero-order valence-electron chi connectivity index (χ0n) is 14.2. The summed E-state index contributed by atoms with van der Waals surface area (Å²) in [6.45, 7) is 0.489. The van der Waals surface area contributed by atoms with Crippen LogP contribution in [0.15, 0.2) is 0 Å². The molecule has 0 aromatic heterocycles. The molecular formula is C15H29N3O7. The summed E-state index contributed by atoms with van der Waals surface area (Å²) in [6.07, 6.45) is -1.11. The minimum absolute atomic E-state index is 0.0820. The van der Waals surface area contributed by atoms with Crippen LogP contribution in [0.3, 0.4) is 0 Å². The maximum absolute atomic E-state index is 11.5. The molecule has 146 valence electrons. The third-order valence-electron chi connectivity index (χ3n) is 3.76. The van der Waals surface area contributed by atoms with Crippen molar-refractivity contribution in [1.29, 1.82) is 0 Å². The number of nitrogens with one attached hydrogen (secondary N) is 2. The number of aliphatic hydroxyl groups excluding tert-OH is 3. The topological polar surface area (TPSA) is 163 Å². The van der Waals surface area contributed by atoms with Gasteiger partial charge >= 0.3 is 6.03 Å². The molecule has 10 heteroatoms. The Hall–Kier alpha value is -1.46. The number of primary amides is 1. The van der Waals surface area contributed by atoms with E-state index >= 15 is 0 Å². The van der Waals surface area contributed by atoms with Crippen LogP contribution in [0.5, 0.6) is 0 Å². The van der Waals surface area contributed by atoms with Crippen molar-refractivity contribution in [2.24, 2.45) is 5.73 Å². The monoisotopic (exact) mass is 363 g/mol. The predicted molar refractivity (Wildman–Crippen MR) is 87.4 cm³/mol. The van der Waals surface area contributed by atoms with Gasteiger partial charge in [0.05, 0.1) is 25.4 Å². The number of hydrogen-bond donors (Lipinski definition) is 6. The smallest absolute Gasteiger partial charge is 0.314 e. The molecule has 1 saturated heterocycles. The van der Waals surface area contributed by atoms with Crippen molar-refractivity contribution in [1.82, 2.24) is 10.6 Å². The van der Waals surface area contributed by atoms with Crippen molar-refractivity contribution in [3.63, 3.8) is 0 Å². The molecule has 0 saturated carbocycles. The zero-order valence-corrected chi connectivity index (χ0v) is 14.2. The number of carbonyl (C=O) groups is 2. The molecule has 1 fully saturated rings. The van der Waals surface area contributed by atoms with Gasteiger partial charge in [0.15, 0.2) is 6.29 Å². The van der Waals surface area contributed by atoms with Gasteiger partial charge in [0.1, 0.15) is 6.10 Å². The molecule has 0 aromatic rings. The Morgan fingerprint density at radius 2 is 1.88 bits per heavy atom. The van der Waals surface area contributed by atoms with Gasteiger partial charge in [-0.2, -0.15) is 0 Å². The average molecular weight is 363 g/mol. The first-order valence-corrected chi connectivity index (χ1v) is 8.48. The molecule has 4 atom stereocenters. The molecule has 3 amide bonds. The van der Waals surface area contributed by atoms with Crippen LogP contribution in [-0.2, 0) is 14.3 Å². The van der Waals surface area contributed by atoms with Crippen LogP contribution in [0.2, 0.25) is 0 Å². The van der Waals surface area contributed by atoms with E-state index in [9.17, 15) is 19.8 Å². The first-order chi connectivity index (χ1) is 11.9. The van der Waals surface area contributed by atoms with Gasteiger partial charge in [-0.1, -0.05) is 6.42 Å².